The van der Waals surface area contributed by atoms with Crippen LogP contribution >= 0.6 is 0 Å². The van der Waals surface area contributed by atoms with E-state index in [1.807, 2.05) is 0 Å². The first-order chi connectivity index (χ1) is 0. The van der Waals surface area contributed by atoms with Gasteiger partial charge < -0.3 is 105 Å². The second-order valence-electron chi connectivity index (χ2n) is 0. The third kappa shape index (κ3) is 246. The van der Waals surface area contributed by atoms with Crippen LogP contribution in [0.4, 0.5) is 0 Å². The molecule has 0 unspecified atom stereocenters. The Morgan fingerprint density at radius 1 is 0.273 bits per heavy atom. The van der Waals surface area contributed by atoms with Crippen molar-refractivity contribution in [3.05, 3.63) is 0 Å². The average Bonchev–Trinajstić information content (AvgIpc) is 0. The molecule has 84 valence electrons. The molecular formula is H18Br4N6Ru. The van der Waals surface area contributed by atoms with Gasteiger partial charge in [0, 0.05) is 0 Å². The number of hydrogen-bond donors (Lipinski definition) is 6. The van der Waals surface area contributed by atoms with E-state index in [1.54, 1.807) is 0 Å². The van der Waals surface area contributed by atoms with Gasteiger partial charge in [-0.3, -0.25) is 0 Å². The molecule has 11 heteroatoms. The Balaban J connectivity index is 0. The summed E-state index contributed by atoms with van der Waals surface area (Å²) in [6.45, 7) is 0. The minimum Gasteiger partial charge on any atom is -1.00 e. The van der Waals surface area contributed by atoms with Crippen molar-refractivity contribution in [1.82, 2.24) is 36.9 Å². The smallest absolute Gasteiger partial charge is 1.00 e. The van der Waals surface area contributed by atoms with Gasteiger partial charge in [-0.1, -0.05) is 0 Å². The SMILES string of the molecule is N.N.N.N.N.N.[Br-].[Br-].[Br-].[Br-].[Ru+4]. The topological polar surface area (TPSA) is 210 Å². The molecule has 0 heterocycles. The summed E-state index contributed by atoms with van der Waals surface area (Å²) in [6, 6.07) is 0. The summed E-state index contributed by atoms with van der Waals surface area (Å²) < 4.78 is 0. The van der Waals surface area contributed by atoms with Crippen molar-refractivity contribution < 1.29 is 87.4 Å². The largest absolute Gasteiger partial charge is 4.00 e. The van der Waals surface area contributed by atoms with E-state index in [2.05, 4.69) is 0 Å². The van der Waals surface area contributed by atoms with Crippen LogP contribution in [0.3, 0.4) is 0 Å². The van der Waals surface area contributed by atoms with Crippen LogP contribution in [0.2, 0.25) is 0 Å². The van der Waals surface area contributed by atoms with Crippen LogP contribution in [0.5, 0.6) is 0 Å². The van der Waals surface area contributed by atoms with Crippen LogP contribution < -0.4 is 105 Å². The first-order valence-corrected chi connectivity index (χ1v) is 0. The van der Waals surface area contributed by atoms with Crippen molar-refractivity contribution in [3.8, 4) is 0 Å². The van der Waals surface area contributed by atoms with Crippen molar-refractivity contribution in [1.29, 1.82) is 0 Å². The molecule has 0 aliphatic carbocycles. The Bertz CT molecular complexity index is 14.5. The van der Waals surface area contributed by atoms with Crippen LogP contribution in [0.15, 0.2) is 0 Å². The Morgan fingerprint density at radius 3 is 0.273 bits per heavy atom. The minimum atomic E-state index is 0. The molecule has 0 fully saturated rings. The second kappa shape index (κ2) is 296. The van der Waals surface area contributed by atoms with Crippen LogP contribution in [-0.4, -0.2) is 0 Å². The fraction of sp³-hybridized carbons (Fsp3) is 0. The van der Waals surface area contributed by atoms with Crippen molar-refractivity contribution in [2.45, 2.75) is 0 Å². The molecule has 0 radical (unpaired) electrons. The fourth-order valence-corrected chi connectivity index (χ4v) is 0. The first kappa shape index (κ1) is 380. The summed E-state index contributed by atoms with van der Waals surface area (Å²) in [5.41, 5.74) is 0. The van der Waals surface area contributed by atoms with E-state index in [0.717, 1.165) is 0 Å². The normalized spacial score (nSPS) is 0. The van der Waals surface area contributed by atoms with E-state index in [-0.39, 0.29) is 124 Å². The summed E-state index contributed by atoms with van der Waals surface area (Å²) in [7, 11) is 0. The monoisotopic (exact) mass is 520 g/mol. The van der Waals surface area contributed by atoms with Gasteiger partial charge in [0.05, 0.1) is 0 Å². The van der Waals surface area contributed by atoms with Gasteiger partial charge >= 0.3 is 19.5 Å². The molecule has 0 amide bonds. The van der Waals surface area contributed by atoms with E-state index in [4.69, 9.17) is 0 Å². The van der Waals surface area contributed by atoms with Crippen molar-refractivity contribution in [2.75, 3.05) is 0 Å². The number of rotatable bonds is 0. The van der Waals surface area contributed by atoms with Crippen molar-refractivity contribution >= 4 is 0 Å². The summed E-state index contributed by atoms with van der Waals surface area (Å²) in [4.78, 5) is 0. The predicted molar refractivity (Wildman–Crippen MR) is 30.1 cm³/mol. The van der Waals surface area contributed by atoms with Gasteiger partial charge in [0.2, 0.25) is 0 Å². The molecule has 0 aromatic rings. The maximum absolute atomic E-state index is 0. The molecule has 0 saturated heterocycles. The third-order valence-electron chi connectivity index (χ3n) is 0. The van der Waals surface area contributed by atoms with Crippen LogP contribution in [0, 0.1) is 0 Å². The molecule has 11 heavy (non-hydrogen) atoms. The molecule has 18 N–H and O–H groups in total. The molecule has 0 aliphatic heterocycles. The molecule has 6 nitrogen and oxygen atoms in total. The molecule has 0 spiro atoms. The zero-order valence-corrected chi connectivity index (χ0v) is 14.2. The molecule has 0 aromatic carbocycles. The quantitative estimate of drug-likeness (QED) is 0.170. The summed E-state index contributed by atoms with van der Waals surface area (Å²) in [6.07, 6.45) is 0. The van der Waals surface area contributed by atoms with Gasteiger partial charge in [-0.05, 0) is 0 Å². The molecule has 0 atom stereocenters. The molecule has 0 aliphatic rings. The average molecular weight is 523 g/mol. The van der Waals surface area contributed by atoms with Gasteiger partial charge in [0.15, 0.2) is 0 Å². The Morgan fingerprint density at radius 2 is 0.273 bits per heavy atom. The third-order valence-corrected chi connectivity index (χ3v) is 0. The fourth-order valence-electron chi connectivity index (χ4n) is 0. The number of hydrogen-bond acceptors (Lipinski definition) is 6. The van der Waals surface area contributed by atoms with E-state index in [0.29, 0.717) is 0 Å². The molecule has 0 saturated carbocycles. The van der Waals surface area contributed by atoms with Crippen LogP contribution in [-0.2, 0) is 19.5 Å². The first-order valence-electron chi connectivity index (χ1n) is 0. The van der Waals surface area contributed by atoms with Crippen molar-refractivity contribution in [2.24, 2.45) is 0 Å². The molecular weight excluding hydrogens is 505 g/mol. The molecule has 0 bridgehead atoms. The van der Waals surface area contributed by atoms with Crippen LogP contribution in [0.1, 0.15) is 0 Å². The minimum absolute atomic E-state index is 0. The summed E-state index contributed by atoms with van der Waals surface area (Å²) in [5.74, 6) is 0. The standard InChI is InChI=1S/4BrH.6H3N.Ru/h4*1H;6*1H3;/q;;;;;;;;;;+4/p-4. The van der Waals surface area contributed by atoms with Crippen molar-refractivity contribution in [3.63, 3.8) is 0 Å². The zero-order chi connectivity index (χ0) is 0. The summed E-state index contributed by atoms with van der Waals surface area (Å²) in [5, 5.41) is 0. The van der Waals surface area contributed by atoms with Gasteiger partial charge in [-0.25, -0.2) is 0 Å². The van der Waals surface area contributed by atoms with E-state index in [9.17, 15) is 0 Å². The summed E-state index contributed by atoms with van der Waals surface area (Å²) >= 11 is 0. The zero-order valence-electron chi connectivity index (χ0n) is 6.11. The Kier molecular flexibility index (Phi) is 10200. The Labute approximate surface area is 123 Å². The van der Waals surface area contributed by atoms with E-state index < -0.39 is 0 Å². The van der Waals surface area contributed by atoms with Gasteiger partial charge in [0.1, 0.15) is 0 Å². The molecule has 0 rings (SSSR count). The van der Waals surface area contributed by atoms with E-state index >= 15 is 0 Å². The number of halogens is 4. The molecule has 0 aromatic heterocycles. The van der Waals surface area contributed by atoms with Gasteiger partial charge in [-0.15, -0.1) is 0 Å². The Hall–Kier alpha value is 2.30. The van der Waals surface area contributed by atoms with E-state index in [1.165, 1.54) is 0 Å². The van der Waals surface area contributed by atoms with Crippen LogP contribution in [0.25, 0.3) is 0 Å². The van der Waals surface area contributed by atoms with Gasteiger partial charge in [-0.2, -0.15) is 0 Å². The second-order valence-corrected chi connectivity index (χ2v) is 0. The maximum atomic E-state index is 0. The maximum Gasteiger partial charge on any atom is 4.00 e. The predicted octanol–water partition coefficient (Wildman–Crippen LogP) is -11.0. The van der Waals surface area contributed by atoms with Gasteiger partial charge in [0.25, 0.3) is 0 Å².